The fourth-order valence-electron chi connectivity index (χ4n) is 0.928. The van der Waals surface area contributed by atoms with E-state index in [0.29, 0.717) is 18.5 Å². The minimum Gasteiger partial charge on any atom is -0.508 e. The minimum absolute atomic E-state index is 0. The van der Waals surface area contributed by atoms with Crippen LogP contribution in [0.15, 0.2) is 18.2 Å². The predicted molar refractivity (Wildman–Crippen MR) is 52.9 cm³/mol. The molecule has 0 atom stereocenters. The first-order chi connectivity index (χ1) is 5.24. The fraction of sp³-hybridized carbons (Fsp3) is 0.250. The Balaban J connectivity index is 0.00000121. The summed E-state index contributed by atoms with van der Waals surface area (Å²) in [7, 11) is 0. The lowest BCUT2D eigenvalue weighted by Crippen LogP contribution is -2.02. The third-order valence-corrected chi connectivity index (χ3v) is 1.48. The molecule has 1 rings (SSSR count). The van der Waals surface area contributed by atoms with E-state index in [-0.39, 0.29) is 28.5 Å². The zero-order valence-electron chi connectivity index (χ0n) is 6.53. The van der Waals surface area contributed by atoms with Gasteiger partial charge in [0.05, 0.1) is 0 Å². The SMILES string of the molecule is Br.NCCc1cc(O)ccc1O. The van der Waals surface area contributed by atoms with Gasteiger partial charge >= 0.3 is 0 Å². The van der Waals surface area contributed by atoms with E-state index in [0.717, 1.165) is 0 Å². The van der Waals surface area contributed by atoms with Crippen molar-refractivity contribution in [1.29, 1.82) is 0 Å². The molecule has 0 aromatic heterocycles. The van der Waals surface area contributed by atoms with Crippen LogP contribution in [0.3, 0.4) is 0 Å². The van der Waals surface area contributed by atoms with Crippen molar-refractivity contribution in [3.8, 4) is 11.5 Å². The van der Waals surface area contributed by atoms with E-state index < -0.39 is 0 Å². The number of hydrogen-bond acceptors (Lipinski definition) is 3. The van der Waals surface area contributed by atoms with Gasteiger partial charge in [-0.25, -0.2) is 0 Å². The van der Waals surface area contributed by atoms with Gasteiger partial charge in [-0.1, -0.05) is 0 Å². The molecule has 0 saturated carbocycles. The van der Waals surface area contributed by atoms with Crippen LogP contribution < -0.4 is 5.73 Å². The van der Waals surface area contributed by atoms with E-state index in [1.807, 2.05) is 0 Å². The van der Waals surface area contributed by atoms with Crippen LogP contribution in [0, 0.1) is 0 Å². The highest BCUT2D eigenvalue weighted by Crippen LogP contribution is 2.21. The van der Waals surface area contributed by atoms with Gasteiger partial charge in [0.15, 0.2) is 0 Å². The van der Waals surface area contributed by atoms with Gasteiger partial charge in [0.25, 0.3) is 0 Å². The van der Waals surface area contributed by atoms with Gasteiger partial charge in [-0.15, -0.1) is 17.0 Å². The maximum absolute atomic E-state index is 9.20. The summed E-state index contributed by atoms with van der Waals surface area (Å²) in [6.07, 6.45) is 0.584. The first kappa shape index (κ1) is 11.3. The highest BCUT2D eigenvalue weighted by molar-refractivity contribution is 8.93. The van der Waals surface area contributed by atoms with Gasteiger partial charge in [-0.05, 0) is 36.7 Å². The summed E-state index contributed by atoms with van der Waals surface area (Å²) in [6.45, 7) is 0.469. The van der Waals surface area contributed by atoms with Crippen LogP contribution in [0.5, 0.6) is 11.5 Å². The van der Waals surface area contributed by atoms with E-state index in [2.05, 4.69) is 0 Å². The fourth-order valence-corrected chi connectivity index (χ4v) is 0.928. The monoisotopic (exact) mass is 233 g/mol. The third-order valence-electron chi connectivity index (χ3n) is 1.48. The number of aromatic hydroxyl groups is 2. The molecule has 1 aromatic rings. The molecule has 3 nitrogen and oxygen atoms in total. The van der Waals surface area contributed by atoms with Crippen LogP contribution >= 0.6 is 17.0 Å². The van der Waals surface area contributed by atoms with Crippen molar-refractivity contribution in [3.63, 3.8) is 0 Å². The lowest BCUT2D eigenvalue weighted by atomic mass is 10.1. The number of rotatable bonds is 2. The summed E-state index contributed by atoms with van der Waals surface area (Å²) in [5, 5.41) is 18.2. The molecule has 68 valence electrons. The molecule has 0 bridgehead atoms. The van der Waals surface area contributed by atoms with E-state index in [4.69, 9.17) is 10.8 Å². The van der Waals surface area contributed by atoms with Crippen LogP contribution in [-0.4, -0.2) is 16.8 Å². The maximum atomic E-state index is 9.20. The molecule has 4 N–H and O–H groups in total. The van der Waals surface area contributed by atoms with E-state index in [1.54, 1.807) is 0 Å². The molecule has 4 heteroatoms. The molecule has 0 aliphatic heterocycles. The Morgan fingerprint density at radius 2 is 1.92 bits per heavy atom. The predicted octanol–water partition coefficient (Wildman–Crippen LogP) is 1.18. The van der Waals surface area contributed by atoms with Crippen molar-refractivity contribution in [1.82, 2.24) is 0 Å². The van der Waals surface area contributed by atoms with Crippen LogP contribution in [0.1, 0.15) is 5.56 Å². The van der Waals surface area contributed by atoms with Gasteiger partial charge in [-0.3, -0.25) is 0 Å². The Morgan fingerprint density at radius 1 is 1.25 bits per heavy atom. The second-order valence-corrected chi connectivity index (χ2v) is 2.35. The minimum atomic E-state index is 0. The first-order valence-electron chi connectivity index (χ1n) is 3.45. The van der Waals surface area contributed by atoms with Crippen molar-refractivity contribution in [3.05, 3.63) is 23.8 Å². The quantitative estimate of drug-likeness (QED) is 0.673. The van der Waals surface area contributed by atoms with Gasteiger partial charge in [0.1, 0.15) is 11.5 Å². The smallest absolute Gasteiger partial charge is 0.119 e. The number of nitrogens with two attached hydrogens (primary N) is 1. The molecule has 12 heavy (non-hydrogen) atoms. The zero-order chi connectivity index (χ0) is 8.27. The summed E-state index contributed by atoms with van der Waals surface area (Å²) in [6, 6.07) is 4.41. The molecule has 0 saturated heterocycles. The summed E-state index contributed by atoms with van der Waals surface area (Å²) in [4.78, 5) is 0. The topological polar surface area (TPSA) is 66.5 Å². The second kappa shape index (κ2) is 5.00. The van der Waals surface area contributed by atoms with E-state index >= 15 is 0 Å². The molecule has 0 heterocycles. The molecular weight excluding hydrogens is 222 g/mol. The Labute approximate surface area is 81.6 Å². The number of benzene rings is 1. The molecule has 0 spiro atoms. The second-order valence-electron chi connectivity index (χ2n) is 2.35. The van der Waals surface area contributed by atoms with Crippen molar-refractivity contribution in [2.45, 2.75) is 6.42 Å². The molecule has 0 aliphatic rings. The zero-order valence-corrected chi connectivity index (χ0v) is 8.24. The highest BCUT2D eigenvalue weighted by Gasteiger charge is 1.99. The Morgan fingerprint density at radius 3 is 2.50 bits per heavy atom. The summed E-state index contributed by atoms with van der Waals surface area (Å²) >= 11 is 0. The van der Waals surface area contributed by atoms with Crippen molar-refractivity contribution < 1.29 is 10.2 Å². The van der Waals surface area contributed by atoms with E-state index in [1.165, 1.54) is 18.2 Å². The lowest BCUT2D eigenvalue weighted by Gasteiger charge is -2.02. The molecule has 1 aromatic carbocycles. The van der Waals surface area contributed by atoms with Crippen LogP contribution in [0.25, 0.3) is 0 Å². The maximum Gasteiger partial charge on any atom is 0.119 e. The summed E-state index contributed by atoms with van der Waals surface area (Å²) in [5.41, 5.74) is 5.97. The van der Waals surface area contributed by atoms with Gasteiger partial charge in [-0.2, -0.15) is 0 Å². The Hall–Kier alpha value is -0.740. The highest BCUT2D eigenvalue weighted by atomic mass is 79.9. The summed E-state index contributed by atoms with van der Waals surface area (Å²) in [5.74, 6) is 0.347. The van der Waals surface area contributed by atoms with Crippen LogP contribution in [-0.2, 0) is 6.42 Å². The van der Waals surface area contributed by atoms with Crippen LogP contribution in [0.2, 0.25) is 0 Å². The molecule has 0 fully saturated rings. The molecular formula is C8H12BrNO2. The van der Waals surface area contributed by atoms with Crippen molar-refractivity contribution >= 4 is 17.0 Å². The first-order valence-corrected chi connectivity index (χ1v) is 3.45. The average molecular weight is 234 g/mol. The number of halogens is 1. The summed E-state index contributed by atoms with van der Waals surface area (Å²) < 4.78 is 0. The number of phenolic OH excluding ortho intramolecular Hbond substituents is 2. The number of hydrogen-bond donors (Lipinski definition) is 3. The molecule has 0 unspecified atom stereocenters. The third kappa shape index (κ3) is 2.71. The largest absolute Gasteiger partial charge is 0.508 e. The average Bonchev–Trinajstić information content (AvgIpc) is 1.98. The van der Waals surface area contributed by atoms with Gasteiger partial charge in [0, 0.05) is 0 Å². The molecule has 0 amide bonds. The normalized spacial score (nSPS) is 9.08. The van der Waals surface area contributed by atoms with Gasteiger partial charge < -0.3 is 15.9 Å². The number of phenols is 2. The van der Waals surface area contributed by atoms with Crippen molar-refractivity contribution in [2.75, 3.05) is 6.54 Å². The molecule has 0 aliphatic carbocycles. The van der Waals surface area contributed by atoms with E-state index in [9.17, 15) is 5.11 Å². The van der Waals surface area contributed by atoms with Gasteiger partial charge in [0.2, 0.25) is 0 Å². The Kier molecular flexibility index (Phi) is 4.70. The Bertz CT molecular complexity index is 253. The van der Waals surface area contributed by atoms with Crippen molar-refractivity contribution in [2.24, 2.45) is 5.73 Å². The lowest BCUT2D eigenvalue weighted by molar-refractivity contribution is 0.454. The standard InChI is InChI=1S/C8H11NO2.BrH/c9-4-3-6-5-7(10)1-2-8(6)11;/h1-2,5,10-11H,3-4,9H2;1H. The van der Waals surface area contributed by atoms with Crippen LogP contribution in [0.4, 0.5) is 0 Å². The molecule has 0 radical (unpaired) electrons.